The summed E-state index contributed by atoms with van der Waals surface area (Å²) in [6, 6.07) is 10.3. The smallest absolute Gasteiger partial charge is 0.274 e. The Morgan fingerprint density at radius 3 is 2.59 bits per heavy atom. The first-order valence-electron chi connectivity index (χ1n) is 11.3. The van der Waals surface area contributed by atoms with E-state index in [0.29, 0.717) is 38.5 Å². The van der Waals surface area contributed by atoms with Gasteiger partial charge in [0.25, 0.3) is 5.91 Å². The fourth-order valence-corrected chi connectivity index (χ4v) is 4.60. The molecular formula is C24H30N6O2. The van der Waals surface area contributed by atoms with Crippen molar-refractivity contribution < 1.29 is 9.53 Å². The van der Waals surface area contributed by atoms with Crippen LogP contribution in [-0.4, -0.2) is 68.1 Å². The van der Waals surface area contributed by atoms with Crippen LogP contribution in [0.5, 0.6) is 0 Å². The van der Waals surface area contributed by atoms with Crippen LogP contribution in [0.3, 0.4) is 0 Å². The van der Waals surface area contributed by atoms with E-state index in [1.807, 2.05) is 45.7 Å². The first kappa shape index (κ1) is 20.9. The van der Waals surface area contributed by atoms with Crippen molar-refractivity contribution in [1.82, 2.24) is 29.4 Å². The number of ether oxygens (including phenoxy) is 1. The maximum absolute atomic E-state index is 13.4. The van der Waals surface area contributed by atoms with E-state index < -0.39 is 0 Å². The highest BCUT2D eigenvalue weighted by atomic mass is 16.5. The van der Waals surface area contributed by atoms with Crippen LogP contribution in [0.2, 0.25) is 0 Å². The van der Waals surface area contributed by atoms with E-state index in [1.165, 1.54) is 22.5 Å². The Hall–Kier alpha value is -2.97. The van der Waals surface area contributed by atoms with Crippen molar-refractivity contribution in [3.05, 3.63) is 70.3 Å². The van der Waals surface area contributed by atoms with Crippen molar-refractivity contribution in [2.75, 3.05) is 32.8 Å². The number of fused-ring (bicyclic) bond motifs is 1. The van der Waals surface area contributed by atoms with Gasteiger partial charge in [-0.15, -0.1) is 0 Å². The molecule has 32 heavy (non-hydrogen) atoms. The molecule has 8 nitrogen and oxygen atoms in total. The number of carbonyl (C=O) groups is 1. The normalized spacial score (nSPS) is 16.9. The van der Waals surface area contributed by atoms with Crippen LogP contribution in [0.1, 0.15) is 38.6 Å². The van der Waals surface area contributed by atoms with Gasteiger partial charge in [-0.3, -0.25) is 19.1 Å². The number of hydrogen-bond acceptors (Lipinski definition) is 5. The summed E-state index contributed by atoms with van der Waals surface area (Å²) in [5.41, 5.74) is 6.46. The number of aromatic nitrogens is 4. The molecule has 2 aliphatic heterocycles. The van der Waals surface area contributed by atoms with Crippen molar-refractivity contribution in [2.24, 2.45) is 7.05 Å². The highest BCUT2D eigenvalue weighted by Crippen LogP contribution is 2.26. The van der Waals surface area contributed by atoms with Crippen LogP contribution >= 0.6 is 0 Å². The molecule has 1 fully saturated rings. The van der Waals surface area contributed by atoms with Gasteiger partial charge in [-0.1, -0.05) is 30.3 Å². The first-order chi connectivity index (χ1) is 15.6. The molecule has 2 aromatic heterocycles. The number of morpholine rings is 1. The molecule has 0 aliphatic carbocycles. The average Bonchev–Trinajstić information content (AvgIpc) is 3.34. The summed E-state index contributed by atoms with van der Waals surface area (Å²) in [4.78, 5) is 17.7. The first-order valence-corrected chi connectivity index (χ1v) is 11.3. The van der Waals surface area contributed by atoms with E-state index in [1.54, 1.807) is 0 Å². The topological polar surface area (TPSA) is 68.4 Å². The highest BCUT2D eigenvalue weighted by molar-refractivity contribution is 5.94. The minimum absolute atomic E-state index is 0.0239. The number of amides is 1. The lowest BCUT2D eigenvalue weighted by atomic mass is 10.0. The van der Waals surface area contributed by atoms with Gasteiger partial charge in [0.1, 0.15) is 0 Å². The van der Waals surface area contributed by atoms with Crippen molar-refractivity contribution >= 4 is 5.91 Å². The second-order valence-corrected chi connectivity index (χ2v) is 8.66. The zero-order chi connectivity index (χ0) is 22.1. The van der Waals surface area contributed by atoms with E-state index in [4.69, 9.17) is 9.84 Å². The van der Waals surface area contributed by atoms with E-state index in [-0.39, 0.29) is 5.91 Å². The molecule has 0 spiro atoms. The Morgan fingerprint density at radius 2 is 1.88 bits per heavy atom. The summed E-state index contributed by atoms with van der Waals surface area (Å²) in [7, 11) is 1.97. The van der Waals surface area contributed by atoms with Crippen LogP contribution in [0.15, 0.2) is 36.5 Å². The number of benzene rings is 1. The third-order valence-corrected chi connectivity index (χ3v) is 6.62. The summed E-state index contributed by atoms with van der Waals surface area (Å²) >= 11 is 0. The lowest BCUT2D eigenvalue weighted by Crippen LogP contribution is -2.41. The van der Waals surface area contributed by atoms with Gasteiger partial charge in [0.15, 0.2) is 5.69 Å². The molecule has 0 N–H and O–H groups in total. The molecule has 168 valence electrons. The second-order valence-electron chi connectivity index (χ2n) is 8.66. The largest absolute Gasteiger partial charge is 0.378 e. The predicted molar refractivity (Wildman–Crippen MR) is 120 cm³/mol. The molecule has 5 rings (SSSR count). The van der Waals surface area contributed by atoms with E-state index >= 15 is 0 Å². The van der Waals surface area contributed by atoms with Crippen LogP contribution in [-0.2, 0) is 37.8 Å². The Morgan fingerprint density at radius 1 is 1.09 bits per heavy atom. The maximum atomic E-state index is 13.4. The quantitative estimate of drug-likeness (QED) is 0.615. The average molecular weight is 435 g/mol. The van der Waals surface area contributed by atoms with Crippen LogP contribution < -0.4 is 0 Å². The molecule has 1 amide bonds. The van der Waals surface area contributed by atoms with Crippen LogP contribution in [0, 0.1) is 6.92 Å². The Balaban J connectivity index is 1.45. The van der Waals surface area contributed by atoms with Crippen LogP contribution in [0.25, 0.3) is 0 Å². The third kappa shape index (κ3) is 4.08. The highest BCUT2D eigenvalue weighted by Gasteiger charge is 2.31. The lowest BCUT2D eigenvalue weighted by molar-refractivity contribution is 0.0297. The molecule has 3 aromatic rings. The van der Waals surface area contributed by atoms with E-state index in [2.05, 4.69) is 29.1 Å². The predicted octanol–water partition coefficient (Wildman–Crippen LogP) is 2.00. The zero-order valence-corrected chi connectivity index (χ0v) is 18.8. The molecule has 1 aromatic carbocycles. The second kappa shape index (κ2) is 8.88. The van der Waals surface area contributed by atoms with Crippen molar-refractivity contribution in [1.29, 1.82) is 0 Å². The molecule has 0 saturated carbocycles. The molecule has 1 saturated heterocycles. The minimum Gasteiger partial charge on any atom is -0.378 e. The minimum atomic E-state index is 0.0239. The molecule has 0 unspecified atom stereocenters. The lowest BCUT2D eigenvalue weighted by Gasteiger charge is -2.29. The fourth-order valence-electron chi connectivity index (χ4n) is 4.60. The molecule has 2 aliphatic rings. The number of rotatable bonds is 5. The maximum Gasteiger partial charge on any atom is 0.274 e. The van der Waals surface area contributed by atoms with E-state index in [0.717, 1.165) is 31.6 Å². The van der Waals surface area contributed by atoms with Gasteiger partial charge >= 0.3 is 0 Å². The van der Waals surface area contributed by atoms with Crippen molar-refractivity contribution in [3.63, 3.8) is 0 Å². The van der Waals surface area contributed by atoms with Gasteiger partial charge in [-0.2, -0.15) is 10.2 Å². The number of hydrogen-bond donors (Lipinski definition) is 0. The van der Waals surface area contributed by atoms with Gasteiger partial charge < -0.3 is 9.64 Å². The monoisotopic (exact) mass is 434 g/mol. The Labute approximate surface area is 188 Å². The van der Waals surface area contributed by atoms with Crippen molar-refractivity contribution in [2.45, 2.75) is 33.0 Å². The van der Waals surface area contributed by atoms with Gasteiger partial charge in [0.2, 0.25) is 0 Å². The molecule has 8 heteroatoms. The third-order valence-electron chi connectivity index (χ3n) is 6.62. The summed E-state index contributed by atoms with van der Waals surface area (Å²) in [5, 5.41) is 9.25. The van der Waals surface area contributed by atoms with Gasteiger partial charge in [-0.05, 0) is 12.5 Å². The zero-order valence-electron chi connectivity index (χ0n) is 18.8. The molecule has 0 radical (unpaired) electrons. The summed E-state index contributed by atoms with van der Waals surface area (Å²) in [6.07, 6.45) is 2.83. The van der Waals surface area contributed by atoms with Crippen molar-refractivity contribution in [3.8, 4) is 0 Å². The SMILES string of the molecule is Cc1c(CN2CCc3c(c(C(=O)N4CCOCC4)nn3Cc3ccccc3)C2)cnn1C. The van der Waals surface area contributed by atoms with E-state index in [9.17, 15) is 4.79 Å². The molecule has 0 bridgehead atoms. The number of nitrogens with zero attached hydrogens (tertiary/aromatic N) is 6. The Kier molecular flexibility index (Phi) is 5.80. The standard InChI is InChI=1S/C24H30N6O2/c1-18-20(14-25-27(18)2)16-28-9-8-22-21(17-28)23(24(31)29-10-12-32-13-11-29)26-30(22)15-19-6-4-3-5-7-19/h3-7,14H,8-13,15-17H2,1-2H3. The Bertz CT molecular complexity index is 1100. The van der Waals surface area contributed by atoms with Gasteiger partial charge in [0, 0.05) is 68.7 Å². The molecule has 4 heterocycles. The number of carbonyl (C=O) groups excluding carboxylic acids is 1. The summed E-state index contributed by atoms with van der Waals surface area (Å²) in [5.74, 6) is 0.0239. The fraction of sp³-hybridized carbons (Fsp3) is 0.458. The number of aryl methyl sites for hydroxylation is 1. The molecule has 0 atom stereocenters. The van der Waals surface area contributed by atoms with Gasteiger partial charge in [0.05, 0.1) is 26.0 Å². The summed E-state index contributed by atoms with van der Waals surface area (Å²) < 4.78 is 9.40. The van der Waals surface area contributed by atoms with Crippen LogP contribution in [0.4, 0.5) is 0 Å². The summed E-state index contributed by atoms with van der Waals surface area (Å²) in [6.45, 7) is 7.70. The molecular weight excluding hydrogens is 404 g/mol. The van der Waals surface area contributed by atoms with Gasteiger partial charge in [-0.25, -0.2) is 0 Å².